The van der Waals surface area contributed by atoms with Crippen LogP contribution in [0.4, 0.5) is 0 Å². The zero-order valence-electron chi connectivity index (χ0n) is 11.1. The van der Waals surface area contributed by atoms with Gasteiger partial charge in [0, 0.05) is 6.54 Å². The molecule has 1 saturated carbocycles. The zero-order valence-corrected chi connectivity index (χ0v) is 11.1. The van der Waals surface area contributed by atoms with Crippen molar-refractivity contribution in [2.45, 2.75) is 57.4 Å². The van der Waals surface area contributed by atoms with E-state index in [-0.39, 0.29) is 5.54 Å². The molecule has 1 aromatic heterocycles. The third-order valence-electron chi connectivity index (χ3n) is 4.06. The lowest BCUT2D eigenvalue weighted by Gasteiger charge is -2.15. The van der Waals surface area contributed by atoms with E-state index in [1.807, 2.05) is 6.92 Å². The first-order valence-corrected chi connectivity index (χ1v) is 7.11. The molecule has 18 heavy (non-hydrogen) atoms. The molecule has 1 aromatic rings. The summed E-state index contributed by atoms with van der Waals surface area (Å²) in [5, 5.41) is 10.9. The van der Waals surface area contributed by atoms with Crippen molar-refractivity contribution < 1.29 is 0 Å². The Morgan fingerprint density at radius 1 is 1.33 bits per heavy atom. The highest BCUT2D eigenvalue weighted by molar-refractivity contribution is 5.18. The minimum atomic E-state index is 0.0674. The number of aromatic amines is 1. The van der Waals surface area contributed by atoms with Crippen LogP contribution in [-0.4, -0.2) is 21.7 Å². The summed E-state index contributed by atoms with van der Waals surface area (Å²) < 4.78 is 0. The number of hydrogen-bond donors (Lipinski definition) is 2. The quantitative estimate of drug-likeness (QED) is 0.803. The number of aromatic nitrogens is 3. The highest BCUT2D eigenvalue weighted by atomic mass is 15.3. The van der Waals surface area contributed by atoms with Gasteiger partial charge in [-0.2, -0.15) is 5.10 Å². The van der Waals surface area contributed by atoms with Gasteiger partial charge in [-0.3, -0.25) is 5.10 Å². The third-order valence-corrected chi connectivity index (χ3v) is 4.06. The molecule has 0 amide bonds. The molecule has 4 nitrogen and oxygen atoms in total. The molecule has 3 rings (SSSR count). The molecule has 0 bridgehead atoms. The highest BCUT2D eigenvalue weighted by Crippen LogP contribution is 2.43. The normalized spacial score (nSPS) is 22.4. The largest absolute Gasteiger partial charge is 0.301 e. The Morgan fingerprint density at radius 2 is 2.22 bits per heavy atom. The van der Waals surface area contributed by atoms with Crippen LogP contribution >= 0.6 is 0 Å². The fourth-order valence-electron chi connectivity index (χ4n) is 2.69. The molecule has 0 aliphatic heterocycles. The first-order valence-electron chi connectivity index (χ1n) is 7.11. The lowest BCUT2D eigenvalue weighted by molar-refractivity contribution is 0.511. The molecule has 0 aromatic carbocycles. The van der Waals surface area contributed by atoms with Crippen molar-refractivity contribution in [1.29, 1.82) is 0 Å². The Labute approximate surface area is 108 Å². The average molecular weight is 246 g/mol. The highest BCUT2D eigenvalue weighted by Gasteiger charge is 2.47. The molecular formula is C14H22N4. The summed E-state index contributed by atoms with van der Waals surface area (Å²) in [4.78, 5) is 4.48. The fourth-order valence-corrected chi connectivity index (χ4v) is 2.69. The van der Waals surface area contributed by atoms with Gasteiger partial charge < -0.3 is 5.32 Å². The van der Waals surface area contributed by atoms with Gasteiger partial charge in [0.15, 0.2) is 5.82 Å². The zero-order chi connectivity index (χ0) is 12.4. The summed E-state index contributed by atoms with van der Waals surface area (Å²) in [5.41, 5.74) is 1.64. The molecule has 0 radical (unpaired) electrons. The molecular weight excluding hydrogens is 224 g/mol. The van der Waals surface area contributed by atoms with E-state index in [2.05, 4.69) is 26.6 Å². The minimum Gasteiger partial charge on any atom is -0.301 e. The molecule has 0 atom stereocenters. The number of hydrogen-bond acceptors (Lipinski definition) is 3. The van der Waals surface area contributed by atoms with Crippen LogP contribution in [0, 0.1) is 6.92 Å². The Bertz CT molecular complexity index is 442. The van der Waals surface area contributed by atoms with Crippen LogP contribution in [0.5, 0.6) is 0 Å². The Kier molecular flexibility index (Phi) is 3.20. The predicted molar refractivity (Wildman–Crippen MR) is 71.2 cm³/mol. The van der Waals surface area contributed by atoms with Crippen molar-refractivity contribution in [3.8, 4) is 0 Å². The summed E-state index contributed by atoms with van der Waals surface area (Å²) in [7, 11) is 0. The van der Waals surface area contributed by atoms with Gasteiger partial charge in [0.05, 0.1) is 5.54 Å². The summed E-state index contributed by atoms with van der Waals surface area (Å²) >= 11 is 0. The maximum Gasteiger partial charge on any atom is 0.170 e. The van der Waals surface area contributed by atoms with Crippen LogP contribution in [0.25, 0.3) is 0 Å². The number of allylic oxidation sites excluding steroid dienone is 1. The van der Waals surface area contributed by atoms with Gasteiger partial charge in [-0.15, -0.1) is 0 Å². The van der Waals surface area contributed by atoms with Gasteiger partial charge >= 0.3 is 0 Å². The van der Waals surface area contributed by atoms with Crippen LogP contribution in [0.1, 0.15) is 56.6 Å². The lowest BCUT2D eigenvalue weighted by atomic mass is 10.1. The molecule has 0 unspecified atom stereocenters. The van der Waals surface area contributed by atoms with Gasteiger partial charge in [0.2, 0.25) is 0 Å². The molecule has 1 fully saturated rings. The second-order valence-electron chi connectivity index (χ2n) is 5.64. The maximum absolute atomic E-state index is 4.48. The van der Waals surface area contributed by atoms with Gasteiger partial charge in [-0.05, 0) is 45.4 Å². The van der Waals surface area contributed by atoms with Crippen molar-refractivity contribution in [1.82, 2.24) is 20.5 Å². The standard InChI is InChI=1S/C14H22N4/c1-11-16-13(18-17-11)14(8-9-14)15-10-12-6-4-2-3-5-7-12/h6,15H,2-5,7-10H2,1H3,(H,16,17,18). The van der Waals surface area contributed by atoms with Crippen molar-refractivity contribution in [3.05, 3.63) is 23.3 Å². The van der Waals surface area contributed by atoms with Crippen LogP contribution in [0.2, 0.25) is 0 Å². The number of aryl methyl sites for hydroxylation is 1. The number of H-pyrrole nitrogens is 1. The second-order valence-corrected chi connectivity index (χ2v) is 5.64. The van der Waals surface area contributed by atoms with Gasteiger partial charge in [-0.1, -0.05) is 18.1 Å². The van der Waals surface area contributed by atoms with E-state index in [0.29, 0.717) is 0 Å². The first kappa shape index (κ1) is 11.9. The van der Waals surface area contributed by atoms with Crippen molar-refractivity contribution in [2.75, 3.05) is 6.54 Å². The summed E-state index contributed by atoms with van der Waals surface area (Å²) in [6, 6.07) is 0. The smallest absolute Gasteiger partial charge is 0.170 e. The topological polar surface area (TPSA) is 53.6 Å². The molecule has 2 N–H and O–H groups in total. The average Bonchev–Trinajstić information content (AvgIpc) is 3.10. The van der Waals surface area contributed by atoms with E-state index < -0.39 is 0 Å². The SMILES string of the molecule is Cc1nc(C2(NCC3=CCCCCC3)CC2)n[nH]1. The Morgan fingerprint density at radius 3 is 2.94 bits per heavy atom. The predicted octanol–water partition coefficient (Wildman–Crippen LogP) is 2.58. The molecule has 2 aliphatic rings. The van der Waals surface area contributed by atoms with E-state index >= 15 is 0 Å². The second kappa shape index (κ2) is 4.84. The number of nitrogens with zero attached hydrogens (tertiary/aromatic N) is 2. The molecule has 98 valence electrons. The summed E-state index contributed by atoms with van der Waals surface area (Å²) in [6.45, 7) is 2.97. The molecule has 4 heteroatoms. The molecule has 0 saturated heterocycles. The number of nitrogens with one attached hydrogen (secondary N) is 2. The number of rotatable bonds is 4. The van der Waals surface area contributed by atoms with Crippen molar-refractivity contribution >= 4 is 0 Å². The molecule has 1 heterocycles. The first-order chi connectivity index (χ1) is 8.78. The van der Waals surface area contributed by atoms with E-state index in [9.17, 15) is 0 Å². The summed E-state index contributed by atoms with van der Waals surface area (Å²) in [5.74, 6) is 1.86. The molecule has 2 aliphatic carbocycles. The maximum atomic E-state index is 4.48. The molecule has 0 spiro atoms. The minimum absolute atomic E-state index is 0.0674. The lowest BCUT2D eigenvalue weighted by Crippen LogP contribution is -2.31. The third kappa shape index (κ3) is 2.48. The van der Waals surface area contributed by atoms with Gasteiger partial charge in [-0.25, -0.2) is 4.98 Å². The summed E-state index contributed by atoms with van der Waals surface area (Å²) in [6.07, 6.45) is 11.4. The van der Waals surface area contributed by atoms with Crippen molar-refractivity contribution in [3.63, 3.8) is 0 Å². The van der Waals surface area contributed by atoms with Crippen LogP contribution < -0.4 is 5.32 Å². The van der Waals surface area contributed by atoms with E-state index in [1.165, 1.54) is 32.1 Å². The Balaban J connectivity index is 1.61. The van der Waals surface area contributed by atoms with E-state index in [4.69, 9.17) is 0 Å². The van der Waals surface area contributed by atoms with E-state index in [0.717, 1.165) is 31.0 Å². The van der Waals surface area contributed by atoms with Crippen LogP contribution in [-0.2, 0) is 5.54 Å². The van der Waals surface area contributed by atoms with Gasteiger partial charge in [0.1, 0.15) is 5.82 Å². The Hall–Kier alpha value is -1.16. The monoisotopic (exact) mass is 246 g/mol. The van der Waals surface area contributed by atoms with Crippen LogP contribution in [0.15, 0.2) is 11.6 Å². The van der Waals surface area contributed by atoms with Crippen molar-refractivity contribution in [2.24, 2.45) is 0 Å². The fraction of sp³-hybridized carbons (Fsp3) is 0.714. The van der Waals surface area contributed by atoms with Gasteiger partial charge in [0.25, 0.3) is 0 Å². The van der Waals surface area contributed by atoms with E-state index in [1.54, 1.807) is 5.57 Å². The van der Waals surface area contributed by atoms with Crippen LogP contribution in [0.3, 0.4) is 0 Å².